The monoisotopic (exact) mass is 428 g/mol. The van der Waals surface area contributed by atoms with Gasteiger partial charge in [-0.25, -0.2) is 0 Å². The minimum atomic E-state index is -8.19. The van der Waals surface area contributed by atoms with E-state index in [4.69, 9.17) is 4.55 Å². The number of halogens is 13. The lowest BCUT2D eigenvalue weighted by atomic mass is 9.95. The number of hydrogen-bond acceptors (Lipinski definition) is 3. The highest BCUT2D eigenvalue weighted by Gasteiger charge is 2.90. The second-order valence-electron chi connectivity index (χ2n) is 4.12. The zero-order valence-corrected chi connectivity index (χ0v) is 11.3. The van der Waals surface area contributed by atoms with Crippen LogP contribution in [0.1, 0.15) is 0 Å². The molecule has 0 aliphatic carbocycles. The second-order valence-corrected chi connectivity index (χ2v) is 5.58. The van der Waals surface area contributed by atoms with Crippen LogP contribution in [0.25, 0.3) is 0 Å². The molecule has 0 rings (SSSR count). The molecule has 0 aromatic rings. The van der Waals surface area contributed by atoms with E-state index in [-0.39, 0.29) is 0 Å². The molecule has 18 heteroatoms. The van der Waals surface area contributed by atoms with Crippen molar-refractivity contribution in [2.24, 2.45) is 0 Å². The molecule has 0 atom stereocenters. The summed E-state index contributed by atoms with van der Waals surface area (Å²) in [6, 6.07) is 0. The fourth-order valence-corrected chi connectivity index (χ4v) is 1.38. The Bertz CT molecular complexity index is 646. The third-order valence-electron chi connectivity index (χ3n) is 2.41. The number of hydrogen-bond donors (Lipinski definition) is 1. The third-order valence-corrected chi connectivity index (χ3v) is 3.25. The first-order valence-corrected chi connectivity index (χ1v) is 6.32. The van der Waals surface area contributed by atoms with E-state index in [9.17, 15) is 70.3 Å². The SMILES string of the molecule is O=C(C(F)(F)C(F)(F)C(F)(F)C(F)(F)C(F)(F)F)C(F)(F)S(=O)(=O)O. The zero-order chi connectivity index (χ0) is 21.1. The normalized spacial score (nSPS) is 16.1. The van der Waals surface area contributed by atoms with Crippen molar-refractivity contribution >= 4 is 15.9 Å². The van der Waals surface area contributed by atoms with Gasteiger partial charge in [0.2, 0.25) is 0 Å². The van der Waals surface area contributed by atoms with Crippen LogP contribution in [0.2, 0.25) is 0 Å². The zero-order valence-electron chi connectivity index (χ0n) is 10.5. The molecule has 150 valence electrons. The molecule has 0 aliphatic heterocycles. The molecule has 0 saturated heterocycles. The van der Waals surface area contributed by atoms with E-state index in [1.54, 1.807) is 0 Å². The minimum Gasteiger partial charge on any atom is -0.284 e. The van der Waals surface area contributed by atoms with Gasteiger partial charge in [-0.2, -0.15) is 65.5 Å². The van der Waals surface area contributed by atoms with Crippen molar-refractivity contribution in [2.45, 2.75) is 35.1 Å². The van der Waals surface area contributed by atoms with Crippen molar-refractivity contribution in [3.63, 3.8) is 0 Å². The van der Waals surface area contributed by atoms with Gasteiger partial charge in [0.1, 0.15) is 0 Å². The van der Waals surface area contributed by atoms with Crippen LogP contribution in [-0.2, 0) is 14.9 Å². The molecule has 4 nitrogen and oxygen atoms in total. The van der Waals surface area contributed by atoms with Crippen LogP contribution in [0, 0.1) is 0 Å². The Morgan fingerprint density at radius 2 is 0.960 bits per heavy atom. The number of carbonyl (C=O) groups excluding carboxylic acids is 1. The van der Waals surface area contributed by atoms with Crippen LogP contribution >= 0.6 is 0 Å². The first kappa shape index (κ1) is 23.7. The van der Waals surface area contributed by atoms with E-state index in [0.29, 0.717) is 0 Å². The summed E-state index contributed by atoms with van der Waals surface area (Å²) in [6.45, 7) is 0. The van der Waals surface area contributed by atoms with Crippen LogP contribution < -0.4 is 0 Å². The van der Waals surface area contributed by atoms with E-state index in [0.717, 1.165) is 0 Å². The Labute approximate surface area is 127 Å². The van der Waals surface area contributed by atoms with Crippen molar-refractivity contribution in [1.82, 2.24) is 0 Å². The van der Waals surface area contributed by atoms with E-state index in [2.05, 4.69) is 0 Å². The van der Waals surface area contributed by atoms with E-state index < -0.39 is 51.0 Å². The van der Waals surface area contributed by atoms with Crippen molar-refractivity contribution < 1.29 is 74.8 Å². The predicted octanol–water partition coefficient (Wildman–Crippen LogP) is 3.14. The van der Waals surface area contributed by atoms with Gasteiger partial charge in [0.15, 0.2) is 0 Å². The standard InChI is InChI=1S/C7HF13O4S/c8-2(9,1(21)3(10,11)25(22,23)24)4(12,13)5(14,15)6(16,17)7(18,19)20/h(H,22,23,24). The smallest absolute Gasteiger partial charge is 0.284 e. The van der Waals surface area contributed by atoms with Crippen LogP contribution in [0.5, 0.6) is 0 Å². The lowest BCUT2D eigenvalue weighted by Gasteiger charge is -2.36. The summed E-state index contributed by atoms with van der Waals surface area (Å²) >= 11 is 0. The minimum absolute atomic E-state index is 5.06. The van der Waals surface area contributed by atoms with Gasteiger partial charge in [-0.1, -0.05) is 0 Å². The Morgan fingerprint density at radius 3 is 1.20 bits per heavy atom. The molecular weight excluding hydrogens is 427 g/mol. The van der Waals surface area contributed by atoms with Crippen LogP contribution in [0.3, 0.4) is 0 Å². The first-order valence-electron chi connectivity index (χ1n) is 4.88. The van der Waals surface area contributed by atoms with Crippen molar-refractivity contribution in [2.75, 3.05) is 0 Å². The summed E-state index contributed by atoms with van der Waals surface area (Å²) in [7, 11) is -7.31. The van der Waals surface area contributed by atoms with Gasteiger partial charge in [0, 0.05) is 0 Å². The Hall–Kier alpha value is -1.33. The Morgan fingerprint density at radius 1 is 0.640 bits per heavy atom. The number of rotatable bonds is 6. The van der Waals surface area contributed by atoms with Gasteiger partial charge in [-0.15, -0.1) is 0 Å². The van der Waals surface area contributed by atoms with Gasteiger partial charge in [-0.05, 0) is 0 Å². The molecule has 0 saturated carbocycles. The number of Topliss-reactive ketones (excluding diaryl/α,β-unsaturated/α-hetero) is 1. The van der Waals surface area contributed by atoms with Crippen molar-refractivity contribution in [1.29, 1.82) is 0 Å². The first-order chi connectivity index (χ1) is 10.4. The van der Waals surface area contributed by atoms with Gasteiger partial charge in [-0.3, -0.25) is 9.35 Å². The third kappa shape index (κ3) is 3.13. The molecule has 0 aliphatic rings. The van der Waals surface area contributed by atoms with Gasteiger partial charge >= 0.3 is 45.2 Å². The maximum Gasteiger partial charge on any atom is 0.460 e. The summed E-state index contributed by atoms with van der Waals surface area (Å²) in [4.78, 5) is 10.4. The molecule has 25 heavy (non-hydrogen) atoms. The molecule has 0 spiro atoms. The van der Waals surface area contributed by atoms with Gasteiger partial charge in [0.25, 0.3) is 5.78 Å². The topological polar surface area (TPSA) is 71.4 Å². The van der Waals surface area contributed by atoms with Gasteiger partial charge in [0.05, 0.1) is 0 Å². The average Bonchev–Trinajstić information content (AvgIpc) is 2.34. The van der Waals surface area contributed by atoms with Gasteiger partial charge < -0.3 is 0 Å². The molecular formula is C7HF13O4S. The van der Waals surface area contributed by atoms with Crippen LogP contribution in [-0.4, -0.2) is 53.9 Å². The lowest BCUT2D eigenvalue weighted by Crippen LogP contribution is -2.69. The summed E-state index contributed by atoms with van der Waals surface area (Å²) in [5.74, 6) is -37.2. The summed E-state index contributed by atoms with van der Waals surface area (Å²) in [6.07, 6.45) is -7.61. The summed E-state index contributed by atoms with van der Waals surface area (Å²) < 4.78 is 190. The Balaban J connectivity index is 6.47. The highest BCUT2D eigenvalue weighted by molar-refractivity contribution is 7.87. The molecule has 0 aromatic carbocycles. The highest BCUT2D eigenvalue weighted by atomic mass is 32.2. The van der Waals surface area contributed by atoms with E-state index >= 15 is 0 Å². The molecule has 1 N–H and O–H groups in total. The predicted molar refractivity (Wildman–Crippen MR) is 47.3 cm³/mol. The fourth-order valence-electron chi connectivity index (χ4n) is 1.01. The van der Waals surface area contributed by atoms with Crippen LogP contribution in [0.4, 0.5) is 57.1 Å². The average molecular weight is 428 g/mol. The molecule has 0 unspecified atom stereocenters. The van der Waals surface area contributed by atoms with E-state index in [1.165, 1.54) is 0 Å². The quantitative estimate of drug-likeness (QED) is 0.522. The Kier molecular flexibility index (Phi) is 5.29. The molecule has 0 amide bonds. The maximum absolute atomic E-state index is 12.9. The molecule has 0 bridgehead atoms. The van der Waals surface area contributed by atoms with Crippen LogP contribution in [0.15, 0.2) is 0 Å². The molecule has 0 heterocycles. The molecule has 0 radical (unpaired) electrons. The molecule has 0 fully saturated rings. The lowest BCUT2D eigenvalue weighted by molar-refractivity contribution is -0.417. The maximum atomic E-state index is 12.9. The number of carbonyl (C=O) groups is 1. The number of alkyl halides is 13. The van der Waals surface area contributed by atoms with Crippen molar-refractivity contribution in [3.8, 4) is 0 Å². The van der Waals surface area contributed by atoms with E-state index in [1.807, 2.05) is 0 Å². The number of ketones is 1. The fraction of sp³-hybridized carbons (Fsp3) is 0.857. The molecule has 0 aromatic heterocycles. The largest absolute Gasteiger partial charge is 0.460 e. The highest BCUT2D eigenvalue weighted by Crippen LogP contribution is 2.58. The summed E-state index contributed by atoms with van der Waals surface area (Å²) in [5.41, 5.74) is 0. The second kappa shape index (κ2) is 5.58. The summed E-state index contributed by atoms with van der Waals surface area (Å²) in [5, 5.41) is -6.94. The van der Waals surface area contributed by atoms with Crippen molar-refractivity contribution in [3.05, 3.63) is 0 Å².